The van der Waals surface area contributed by atoms with E-state index in [0.717, 1.165) is 88.4 Å². The van der Waals surface area contributed by atoms with Crippen LogP contribution in [0.4, 0.5) is 0 Å². The van der Waals surface area contributed by atoms with E-state index in [2.05, 4.69) is 114 Å². The van der Waals surface area contributed by atoms with Gasteiger partial charge in [0.1, 0.15) is 16.7 Å². The first kappa shape index (κ1) is 31.5. The van der Waals surface area contributed by atoms with E-state index in [1.165, 1.54) is 10.8 Å². The monoisotopic (exact) mass is 730 g/mol. The minimum absolute atomic E-state index is 0.566. The summed E-state index contributed by atoms with van der Waals surface area (Å²) in [7, 11) is 0. The van der Waals surface area contributed by atoms with Gasteiger partial charge in [-0.1, -0.05) is 133 Å². The van der Waals surface area contributed by atoms with Crippen LogP contribution in [-0.2, 0) is 0 Å². The molecule has 0 amide bonds. The highest BCUT2D eigenvalue weighted by Gasteiger charge is 2.22. The standard InChI is InChI=1S/C51H30N4O2/c1-3-14-31(15-4-1)34-20-12-26-44-46(34)39-30-33(28-29-43(39)56-44)50-52-49(32-16-5-2-6-17-32)53-51(54-50)38-22-13-27-45-47(38)37-21-11-25-42(48(37)57-45)55-40-23-9-7-18-35(40)36-19-8-10-24-41(36)55/h1-30H. The van der Waals surface area contributed by atoms with E-state index in [0.29, 0.717) is 17.5 Å². The summed E-state index contributed by atoms with van der Waals surface area (Å²) in [6, 6.07) is 62.5. The minimum Gasteiger partial charge on any atom is -0.456 e. The van der Waals surface area contributed by atoms with Crippen molar-refractivity contribution in [3.63, 3.8) is 0 Å². The molecule has 4 heterocycles. The number of fused-ring (bicyclic) bond motifs is 9. The summed E-state index contributed by atoms with van der Waals surface area (Å²) in [5.41, 5.74) is 11.3. The van der Waals surface area contributed by atoms with Gasteiger partial charge in [-0.05, 0) is 59.7 Å². The molecule has 0 fully saturated rings. The Bertz CT molecular complexity index is 3470. The van der Waals surface area contributed by atoms with Crippen LogP contribution in [0.25, 0.3) is 117 Å². The smallest absolute Gasteiger partial charge is 0.164 e. The second-order valence-corrected chi connectivity index (χ2v) is 14.3. The van der Waals surface area contributed by atoms with E-state index in [1.54, 1.807) is 0 Å². The van der Waals surface area contributed by atoms with Crippen LogP contribution in [0.2, 0.25) is 0 Å². The van der Waals surface area contributed by atoms with Gasteiger partial charge in [0.25, 0.3) is 0 Å². The summed E-state index contributed by atoms with van der Waals surface area (Å²) in [6.07, 6.45) is 0. The van der Waals surface area contributed by atoms with Crippen LogP contribution in [0.5, 0.6) is 0 Å². The Kier molecular flexibility index (Phi) is 6.83. The molecular weight excluding hydrogens is 701 g/mol. The van der Waals surface area contributed by atoms with Crippen molar-refractivity contribution in [1.29, 1.82) is 0 Å². The fourth-order valence-electron chi connectivity index (χ4n) is 8.54. The zero-order valence-electron chi connectivity index (χ0n) is 30.4. The Hall–Kier alpha value is -7.83. The first-order valence-electron chi connectivity index (χ1n) is 19.0. The van der Waals surface area contributed by atoms with Gasteiger partial charge in [-0.15, -0.1) is 0 Å². The molecule has 57 heavy (non-hydrogen) atoms. The van der Waals surface area contributed by atoms with Gasteiger partial charge in [-0.25, -0.2) is 15.0 Å². The van der Waals surface area contributed by atoms with Crippen LogP contribution in [0, 0.1) is 0 Å². The van der Waals surface area contributed by atoms with Crippen molar-refractivity contribution in [2.75, 3.05) is 0 Å². The zero-order chi connectivity index (χ0) is 37.5. The van der Waals surface area contributed by atoms with Crippen LogP contribution >= 0.6 is 0 Å². The Morgan fingerprint density at radius 1 is 0.351 bits per heavy atom. The molecule has 266 valence electrons. The number of furan rings is 2. The molecule has 0 saturated heterocycles. The second kappa shape index (κ2) is 12.3. The van der Waals surface area contributed by atoms with E-state index in [1.807, 2.05) is 72.8 Å². The number of benzene rings is 8. The lowest BCUT2D eigenvalue weighted by atomic mass is 9.99. The van der Waals surface area contributed by atoms with Crippen LogP contribution in [-0.4, -0.2) is 19.5 Å². The van der Waals surface area contributed by atoms with Crippen molar-refractivity contribution in [2.24, 2.45) is 0 Å². The summed E-state index contributed by atoms with van der Waals surface area (Å²) in [5, 5.41) is 6.41. The topological polar surface area (TPSA) is 69.9 Å². The van der Waals surface area contributed by atoms with E-state index >= 15 is 0 Å². The molecule has 0 unspecified atom stereocenters. The number of hydrogen-bond donors (Lipinski definition) is 0. The fourth-order valence-corrected chi connectivity index (χ4v) is 8.54. The Labute approximate surface area is 325 Å². The number of rotatable bonds is 5. The van der Waals surface area contributed by atoms with Crippen LogP contribution in [0.1, 0.15) is 0 Å². The Morgan fingerprint density at radius 2 is 0.912 bits per heavy atom. The number of aromatic nitrogens is 4. The average Bonchev–Trinajstić information content (AvgIpc) is 3.96. The maximum atomic E-state index is 6.82. The fraction of sp³-hybridized carbons (Fsp3) is 0. The Morgan fingerprint density at radius 3 is 1.65 bits per heavy atom. The van der Waals surface area contributed by atoms with Gasteiger partial charge in [0, 0.05) is 49.0 Å². The molecule has 0 N–H and O–H groups in total. The molecule has 0 aliphatic heterocycles. The van der Waals surface area contributed by atoms with Gasteiger partial charge in [0.05, 0.1) is 16.7 Å². The lowest BCUT2D eigenvalue weighted by Crippen LogP contribution is -2.00. The average molecular weight is 731 g/mol. The second-order valence-electron chi connectivity index (χ2n) is 14.3. The highest BCUT2D eigenvalue weighted by Crippen LogP contribution is 2.42. The molecule has 0 saturated carbocycles. The van der Waals surface area contributed by atoms with Crippen LogP contribution in [0.15, 0.2) is 191 Å². The van der Waals surface area contributed by atoms with Crippen molar-refractivity contribution in [3.05, 3.63) is 182 Å². The molecule has 12 aromatic rings. The summed E-state index contributed by atoms with van der Waals surface area (Å²) < 4.78 is 15.5. The van der Waals surface area contributed by atoms with Gasteiger partial charge in [-0.2, -0.15) is 0 Å². The molecule has 4 aromatic heterocycles. The van der Waals surface area contributed by atoms with Crippen molar-refractivity contribution in [3.8, 4) is 51.0 Å². The van der Waals surface area contributed by atoms with E-state index < -0.39 is 0 Å². The number of hydrogen-bond acceptors (Lipinski definition) is 5. The van der Waals surface area contributed by atoms with Crippen LogP contribution < -0.4 is 0 Å². The van der Waals surface area contributed by atoms with Crippen molar-refractivity contribution in [2.45, 2.75) is 0 Å². The SMILES string of the molecule is c1ccc(-c2nc(-c3ccc4oc5cccc(-c6ccccc6)c5c4c3)nc(-c3cccc4oc5c(-n6c7ccccc7c7ccccc76)cccc5c34)n2)cc1. The zero-order valence-corrected chi connectivity index (χ0v) is 30.4. The minimum atomic E-state index is 0.566. The lowest BCUT2D eigenvalue weighted by Gasteiger charge is -2.10. The predicted molar refractivity (Wildman–Crippen MR) is 230 cm³/mol. The highest BCUT2D eigenvalue weighted by molar-refractivity contribution is 6.16. The third-order valence-corrected chi connectivity index (χ3v) is 11.1. The van der Waals surface area contributed by atoms with E-state index in [4.69, 9.17) is 23.8 Å². The quantitative estimate of drug-likeness (QED) is 0.176. The third kappa shape index (κ3) is 4.87. The molecule has 0 aliphatic carbocycles. The lowest BCUT2D eigenvalue weighted by molar-refractivity contribution is 0.666. The van der Waals surface area contributed by atoms with Crippen LogP contribution in [0.3, 0.4) is 0 Å². The molecular formula is C51H30N4O2. The van der Waals surface area contributed by atoms with Crippen molar-refractivity contribution >= 4 is 65.7 Å². The molecule has 12 rings (SSSR count). The third-order valence-electron chi connectivity index (χ3n) is 11.1. The largest absolute Gasteiger partial charge is 0.456 e. The first-order valence-corrected chi connectivity index (χ1v) is 19.0. The maximum absolute atomic E-state index is 6.82. The summed E-state index contributed by atoms with van der Waals surface area (Å²) >= 11 is 0. The van der Waals surface area contributed by atoms with Gasteiger partial charge in [0.15, 0.2) is 23.1 Å². The Balaban J connectivity index is 1.09. The molecule has 0 aliphatic rings. The van der Waals surface area contributed by atoms with Gasteiger partial charge < -0.3 is 13.4 Å². The van der Waals surface area contributed by atoms with Gasteiger partial charge in [0.2, 0.25) is 0 Å². The van der Waals surface area contributed by atoms with E-state index in [-0.39, 0.29) is 0 Å². The number of nitrogens with zero attached hydrogens (tertiary/aromatic N) is 4. The normalized spacial score (nSPS) is 11.9. The van der Waals surface area contributed by atoms with Gasteiger partial charge in [-0.3, -0.25) is 0 Å². The van der Waals surface area contributed by atoms with Crippen molar-refractivity contribution in [1.82, 2.24) is 19.5 Å². The summed E-state index contributed by atoms with van der Waals surface area (Å²) in [6.45, 7) is 0. The summed E-state index contributed by atoms with van der Waals surface area (Å²) in [4.78, 5) is 15.5. The predicted octanol–water partition coefficient (Wildman–Crippen LogP) is 13.4. The molecule has 0 spiro atoms. The first-order chi connectivity index (χ1) is 28.3. The molecule has 6 heteroatoms. The summed E-state index contributed by atoms with van der Waals surface area (Å²) in [5.74, 6) is 1.73. The van der Waals surface area contributed by atoms with Crippen molar-refractivity contribution < 1.29 is 8.83 Å². The molecule has 8 aromatic carbocycles. The molecule has 0 bridgehead atoms. The molecule has 0 atom stereocenters. The molecule has 6 nitrogen and oxygen atoms in total. The number of para-hydroxylation sites is 3. The van der Waals surface area contributed by atoms with Gasteiger partial charge >= 0.3 is 0 Å². The highest BCUT2D eigenvalue weighted by atomic mass is 16.3. The maximum Gasteiger partial charge on any atom is 0.164 e. The molecule has 0 radical (unpaired) electrons. The van der Waals surface area contributed by atoms with E-state index in [9.17, 15) is 0 Å².